The number of amides is 1. The maximum Gasteiger partial charge on any atom is 0.341 e. The summed E-state index contributed by atoms with van der Waals surface area (Å²) in [5, 5.41) is 21.9. The summed E-state index contributed by atoms with van der Waals surface area (Å²) in [7, 11) is 1.48. The van der Waals surface area contributed by atoms with Crippen LogP contribution in [0.2, 0.25) is 0 Å². The SMILES string of the molecule is CCOC(=O)c1c(NC(=O)C(C#N)=Cc2ccc(OCc3ccccc3C#N)c(OC)c2)sc(C)c1C. The molecule has 3 rings (SSSR count). The van der Waals surface area contributed by atoms with Crippen molar-refractivity contribution < 1.29 is 23.8 Å². The standard InChI is InChI=1S/C28H25N3O5S/c1-5-35-28(33)25-17(2)18(3)37-27(25)31-26(32)22(15-30)12-19-10-11-23(24(13-19)34-4)36-16-21-9-7-6-8-20(21)14-29/h6-13H,5,16H2,1-4H3,(H,31,32). The molecule has 0 aliphatic carbocycles. The molecule has 0 unspecified atom stereocenters. The fourth-order valence-electron chi connectivity index (χ4n) is 3.45. The second-order valence-corrected chi connectivity index (χ2v) is 9.02. The second-order valence-electron chi connectivity index (χ2n) is 7.80. The van der Waals surface area contributed by atoms with Crippen molar-refractivity contribution in [1.29, 1.82) is 10.5 Å². The first-order valence-electron chi connectivity index (χ1n) is 11.3. The van der Waals surface area contributed by atoms with E-state index in [4.69, 9.17) is 14.2 Å². The molecule has 0 aliphatic heterocycles. The molecule has 0 spiro atoms. The minimum absolute atomic E-state index is 0.155. The number of nitrogens with zero attached hydrogens (tertiary/aromatic N) is 2. The number of methoxy groups -OCH3 is 1. The lowest BCUT2D eigenvalue weighted by atomic mass is 10.1. The van der Waals surface area contributed by atoms with E-state index >= 15 is 0 Å². The number of hydrogen-bond donors (Lipinski definition) is 1. The summed E-state index contributed by atoms with van der Waals surface area (Å²) in [6.45, 7) is 5.70. The Balaban J connectivity index is 1.82. The Morgan fingerprint density at radius 1 is 1.11 bits per heavy atom. The smallest absolute Gasteiger partial charge is 0.341 e. The largest absolute Gasteiger partial charge is 0.493 e. The predicted molar refractivity (Wildman–Crippen MR) is 140 cm³/mol. The third-order valence-corrected chi connectivity index (χ3v) is 6.60. The summed E-state index contributed by atoms with van der Waals surface area (Å²) in [4.78, 5) is 26.2. The zero-order valence-corrected chi connectivity index (χ0v) is 21.7. The van der Waals surface area contributed by atoms with E-state index in [1.807, 2.05) is 25.1 Å². The van der Waals surface area contributed by atoms with Crippen LogP contribution in [-0.2, 0) is 16.1 Å². The van der Waals surface area contributed by atoms with Crippen LogP contribution in [0, 0.1) is 36.5 Å². The average molecular weight is 516 g/mol. The van der Waals surface area contributed by atoms with Crippen LogP contribution < -0.4 is 14.8 Å². The summed E-state index contributed by atoms with van der Waals surface area (Å²) in [5.74, 6) is -0.337. The Hall–Kier alpha value is -4.60. The Kier molecular flexibility index (Phi) is 9.04. The molecule has 1 aromatic heterocycles. The Morgan fingerprint density at radius 3 is 2.54 bits per heavy atom. The zero-order valence-electron chi connectivity index (χ0n) is 20.9. The number of esters is 1. The van der Waals surface area contributed by atoms with Crippen LogP contribution in [0.5, 0.6) is 11.5 Å². The highest BCUT2D eigenvalue weighted by Crippen LogP contribution is 2.34. The molecule has 1 heterocycles. The van der Waals surface area contributed by atoms with Crippen LogP contribution in [0.3, 0.4) is 0 Å². The van der Waals surface area contributed by atoms with Crippen molar-refractivity contribution in [3.8, 4) is 23.6 Å². The molecule has 0 aliphatic rings. The molecule has 0 saturated carbocycles. The molecule has 1 N–H and O–H groups in total. The molecular weight excluding hydrogens is 490 g/mol. The summed E-state index contributed by atoms with van der Waals surface area (Å²) in [6, 6.07) is 16.2. The summed E-state index contributed by atoms with van der Waals surface area (Å²) in [5.41, 5.74) is 2.65. The van der Waals surface area contributed by atoms with Crippen LogP contribution in [0.15, 0.2) is 48.0 Å². The number of nitrogens with one attached hydrogen (secondary N) is 1. The lowest BCUT2D eigenvalue weighted by molar-refractivity contribution is -0.112. The predicted octanol–water partition coefficient (Wildman–Crippen LogP) is 5.55. The number of carbonyl (C=O) groups excluding carboxylic acids is 2. The Morgan fingerprint density at radius 2 is 1.86 bits per heavy atom. The molecule has 0 bridgehead atoms. The van der Waals surface area contributed by atoms with E-state index in [1.54, 1.807) is 44.2 Å². The summed E-state index contributed by atoms with van der Waals surface area (Å²) >= 11 is 1.25. The molecule has 188 valence electrons. The highest BCUT2D eigenvalue weighted by atomic mass is 32.1. The minimum atomic E-state index is -0.651. The fourth-order valence-corrected chi connectivity index (χ4v) is 4.50. The van der Waals surface area contributed by atoms with Crippen molar-refractivity contribution in [3.63, 3.8) is 0 Å². The number of benzene rings is 2. The molecule has 9 heteroatoms. The maximum absolute atomic E-state index is 12.9. The molecule has 3 aromatic rings. The van der Waals surface area contributed by atoms with E-state index in [2.05, 4.69) is 11.4 Å². The van der Waals surface area contributed by atoms with Gasteiger partial charge in [-0.1, -0.05) is 24.3 Å². The monoisotopic (exact) mass is 515 g/mol. The molecule has 37 heavy (non-hydrogen) atoms. The van der Waals surface area contributed by atoms with Gasteiger partial charge in [0.25, 0.3) is 5.91 Å². The molecule has 8 nitrogen and oxygen atoms in total. The van der Waals surface area contributed by atoms with Gasteiger partial charge in [-0.3, -0.25) is 4.79 Å². The molecule has 0 atom stereocenters. The van der Waals surface area contributed by atoms with Gasteiger partial charge in [-0.15, -0.1) is 11.3 Å². The topological polar surface area (TPSA) is 121 Å². The summed E-state index contributed by atoms with van der Waals surface area (Å²) < 4.78 is 16.4. The van der Waals surface area contributed by atoms with Crippen LogP contribution in [-0.4, -0.2) is 25.6 Å². The molecular formula is C28H25N3O5S. The van der Waals surface area contributed by atoms with Gasteiger partial charge in [-0.2, -0.15) is 10.5 Å². The average Bonchev–Trinajstić information content (AvgIpc) is 3.18. The number of thiophene rings is 1. The fraction of sp³-hybridized carbons (Fsp3) is 0.214. The van der Waals surface area contributed by atoms with Gasteiger partial charge in [0.05, 0.1) is 30.9 Å². The van der Waals surface area contributed by atoms with Crippen molar-refractivity contribution in [2.75, 3.05) is 19.0 Å². The lowest BCUT2D eigenvalue weighted by Crippen LogP contribution is -2.16. The van der Waals surface area contributed by atoms with E-state index in [0.29, 0.717) is 27.6 Å². The van der Waals surface area contributed by atoms with Crippen molar-refractivity contribution in [2.24, 2.45) is 0 Å². The first-order valence-corrected chi connectivity index (χ1v) is 12.1. The molecule has 0 fully saturated rings. The van der Waals surface area contributed by atoms with Crippen LogP contribution in [0.1, 0.15) is 44.4 Å². The summed E-state index contributed by atoms with van der Waals surface area (Å²) in [6.07, 6.45) is 1.42. The molecule has 1 amide bonds. The number of carbonyl (C=O) groups is 2. The van der Waals surface area contributed by atoms with E-state index in [1.165, 1.54) is 24.5 Å². The van der Waals surface area contributed by atoms with Gasteiger partial charge in [0, 0.05) is 10.4 Å². The van der Waals surface area contributed by atoms with E-state index < -0.39 is 11.9 Å². The number of aryl methyl sites for hydroxylation is 1. The quantitative estimate of drug-likeness (QED) is 0.225. The highest BCUT2D eigenvalue weighted by molar-refractivity contribution is 7.16. The van der Waals surface area contributed by atoms with Crippen molar-refractivity contribution >= 4 is 34.3 Å². The van der Waals surface area contributed by atoms with Crippen LogP contribution in [0.4, 0.5) is 5.00 Å². The van der Waals surface area contributed by atoms with E-state index in [0.717, 1.165) is 16.0 Å². The van der Waals surface area contributed by atoms with Crippen LogP contribution >= 0.6 is 11.3 Å². The first kappa shape index (κ1) is 27.0. The van der Waals surface area contributed by atoms with Gasteiger partial charge < -0.3 is 19.5 Å². The second kappa shape index (κ2) is 12.4. The third-order valence-electron chi connectivity index (χ3n) is 5.48. The maximum atomic E-state index is 12.9. The van der Waals surface area contributed by atoms with Gasteiger partial charge in [0.15, 0.2) is 11.5 Å². The van der Waals surface area contributed by atoms with Gasteiger partial charge in [-0.05, 0) is 56.2 Å². The van der Waals surface area contributed by atoms with Crippen molar-refractivity contribution in [2.45, 2.75) is 27.4 Å². The Bertz CT molecular complexity index is 1440. The van der Waals surface area contributed by atoms with Crippen LogP contribution in [0.25, 0.3) is 6.08 Å². The number of anilines is 1. The first-order chi connectivity index (χ1) is 17.8. The number of hydrogen-bond acceptors (Lipinski definition) is 8. The molecule has 0 saturated heterocycles. The lowest BCUT2D eigenvalue weighted by Gasteiger charge is -2.12. The number of ether oxygens (including phenoxy) is 3. The minimum Gasteiger partial charge on any atom is -0.493 e. The Labute approximate surface area is 219 Å². The van der Waals surface area contributed by atoms with Gasteiger partial charge in [-0.25, -0.2) is 4.79 Å². The van der Waals surface area contributed by atoms with Gasteiger partial charge in [0.2, 0.25) is 0 Å². The molecule has 2 aromatic carbocycles. The number of nitriles is 2. The van der Waals surface area contributed by atoms with Gasteiger partial charge >= 0.3 is 5.97 Å². The van der Waals surface area contributed by atoms with Crippen molar-refractivity contribution in [1.82, 2.24) is 0 Å². The third kappa shape index (κ3) is 6.35. The van der Waals surface area contributed by atoms with E-state index in [-0.39, 0.29) is 24.4 Å². The van der Waals surface area contributed by atoms with E-state index in [9.17, 15) is 20.1 Å². The van der Waals surface area contributed by atoms with Crippen molar-refractivity contribution in [3.05, 3.63) is 80.7 Å². The normalized spacial score (nSPS) is 10.7. The van der Waals surface area contributed by atoms with Gasteiger partial charge in [0.1, 0.15) is 23.3 Å². The highest BCUT2D eigenvalue weighted by Gasteiger charge is 2.23. The number of rotatable bonds is 9. The molecule has 0 radical (unpaired) electrons. The zero-order chi connectivity index (χ0) is 26.9.